The van der Waals surface area contributed by atoms with Crippen LogP contribution < -0.4 is 15.2 Å². The van der Waals surface area contributed by atoms with Gasteiger partial charge in [0.25, 0.3) is 10.2 Å². The van der Waals surface area contributed by atoms with Gasteiger partial charge in [0.05, 0.1) is 16.4 Å². The third-order valence-corrected chi connectivity index (χ3v) is 3.09. The van der Waals surface area contributed by atoms with Crippen LogP contribution in [0.25, 0.3) is 0 Å². The van der Waals surface area contributed by atoms with Crippen molar-refractivity contribution in [1.82, 2.24) is 4.72 Å². The smallest absolute Gasteiger partial charge is 0.299 e. The number of nitrogen functional groups attached to an aromatic ring is 1. The van der Waals surface area contributed by atoms with Crippen molar-refractivity contribution >= 4 is 33.2 Å². The van der Waals surface area contributed by atoms with Gasteiger partial charge in [-0.3, -0.25) is 4.72 Å². The lowest BCUT2D eigenvalue weighted by molar-refractivity contribution is 0.589. The Labute approximate surface area is 93.8 Å². The van der Waals surface area contributed by atoms with Gasteiger partial charge in [0, 0.05) is 6.54 Å². The largest absolute Gasteiger partial charge is 0.398 e. The minimum absolute atomic E-state index is 0.312. The topological polar surface area (TPSA) is 84.2 Å². The van der Waals surface area contributed by atoms with E-state index in [0.29, 0.717) is 22.9 Å². The van der Waals surface area contributed by atoms with Gasteiger partial charge in [-0.1, -0.05) is 18.5 Å². The second-order valence-corrected chi connectivity index (χ2v) is 4.75. The molecule has 1 rings (SSSR count). The van der Waals surface area contributed by atoms with Crippen LogP contribution in [0.4, 0.5) is 11.4 Å². The predicted octanol–water partition coefficient (Wildman–Crippen LogP) is 1.19. The first-order valence-corrected chi connectivity index (χ1v) is 6.13. The fourth-order valence-corrected chi connectivity index (χ4v) is 2.04. The summed E-state index contributed by atoms with van der Waals surface area (Å²) in [5.74, 6) is 0. The highest BCUT2D eigenvalue weighted by Gasteiger charge is 2.08. The molecule has 4 N–H and O–H groups in total. The molecule has 0 fully saturated rings. The molecule has 1 aromatic carbocycles. The van der Waals surface area contributed by atoms with Crippen molar-refractivity contribution in [2.75, 3.05) is 17.0 Å². The number of nitrogens with two attached hydrogens (primary N) is 1. The van der Waals surface area contributed by atoms with Gasteiger partial charge in [0.15, 0.2) is 0 Å². The Balaban J connectivity index is 2.86. The van der Waals surface area contributed by atoms with Gasteiger partial charge < -0.3 is 5.73 Å². The van der Waals surface area contributed by atoms with Crippen LogP contribution in [0.3, 0.4) is 0 Å². The van der Waals surface area contributed by atoms with E-state index in [4.69, 9.17) is 17.3 Å². The quantitative estimate of drug-likeness (QED) is 0.701. The highest BCUT2D eigenvalue weighted by molar-refractivity contribution is 7.90. The first-order chi connectivity index (χ1) is 6.94. The van der Waals surface area contributed by atoms with Gasteiger partial charge >= 0.3 is 0 Å². The van der Waals surface area contributed by atoms with Crippen LogP contribution in [-0.2, 0) is 10.2 Å². The zero-order valence-electron chi connectivity index (χ0n) is 8.12. The highest BCUT2D eigenvalue weighted by atomic mass is 35.5. The number of halogens is 1. The lowest BCUT2D eigenvalue weighted by Crippen LogP contribution is -2.29. The number of benzene rings is 1. The average molecular weight is 250 g/mol. The standard InChI is InChI=1S/C8H12ClN3O2S/c1-2-11-15(13,14)12-6-3-4-8(10)7(9)5-6/h3-5,11-12H,2,10H2,1H3. The van der Waals surface area contributed by atoms with E-state index in [9.17, 15) is 8.42 Å². The Kier molecular flexibility index (Phi) is 3.78. The second kappa shape index (κ2) is 4.69. The van der Waals surface area contributed by atoms with Crippen LogP contribution in [0, 0.1) is 0 Å². The molecule has 0 aliphatic heterocycles. The molecule has 0 saturated heterocycles. The van der Waals surface area contributed by atoms with Gasteiger partial charge in [0.2, 0.25) is 0 Å². The number of hydrogen-bond acceptors (Lipinski definition) is 3. The molecule has 0 aliphatic rings. The zero-order valence-corrected chi connectivity index (χ0v) is 9.69. The van der Waals surface area contributed by atoms with Gasteiger partial charge in [-0.25, -0.2) is 0 Å². The molecule has 0 bridgehead atoms. The lowest BCUT2D eigenvalue weighted by Gasteiger charge is -2.08. The summed E-state index contributed by atoms with van der Waals surface area (Å²) in [6, 6.07) is 4.52. The van der Waals surface area contributed by atoms with Crippen LogP contribution in [0.2, 0.25) is 5.02 Å². The summed E-state index contributed by atoms with van der Waals surface area (Å²) >= 11 is 5.74. The first-order valence-electron chi connectivity index (χ1n) is 4.27. The summed E-state index contributed by atoms with van der Waals surface area (Å²) in [5.41, 5.74) is 6.26. The predicted molar refractivity (Wildman–Crippen MR) is 62.1 cm³/mol. The molecule has 0 radical (unpaired) electrons. The maximum atomic E-state index is 11.3. The molecule has 0 spiro atoms. The lowest BCUT2D eigenvalue weighted by atomic mass is 10.3. The number of nitrogens with one attached hydrogen (secondary N) is 2. The monoisotopic (exact) mass is 249 g/mol. The summed E-state index contributed by atoms with van der Waals surface area (Å²) in [6.07, 6.45) is 0. The highest BCUT2D eigenvalue weighted by Crippen LogP contribution is 2.22. The summed E-state index contributed by atoms with van der Waals surface area (Å²) in [4.78, 5) is 0. The molecule has 0 aromatic heterocycles. The van der Waals surface area contributed by atoms with E-state index >= 15 is 0 Å². The third-order valence-electron chi connectivity index (χ3n) is 1.59. The minimum atomic E-state index is -3.51. The van der Waals surface area contributed by atoms with Crippen LogP contribution >= 0.6 is 11.6 Å². The fourth-order valence-electron chi connectivity index (χ4n) is 0.972. The van der Waals surface area contributed by atoms with E-state index in [1.165, 1.54) is 18.2 Å². The fraction of sp³-hybridized carbons (Fsp3) is 0.250. The minimum Gasteiger partial charge on any atom is -0.398 e. The van der Waals surface area contributed by atoms with Crippen LogP contribution in [0.15, 0.2) is 18.2 Å². The van der Waals surface area contributed by atoms with Crippen molar-refractivity contribution in [3.8, 4) is 0 Å². The summed E-state index contributed by atoms with van der Waals surface area (Å²) in [7, 11) is -3.51. The molecule has 7 heteroatoms. The summed E-state index contributed by atoms with van der Waals surface area (Å²) in [6.45, 7) is 2.01. The maximum absolute atomic E-state index is 11.3. The molecular weight excluding hydrogens is 238 g/mol. The molecule has 0 saturated carbocycles. The normalized spacial score (nSPS) is 11.3. The Hall–Kier alpha value is -0.980. The average Bonchev–Trinajstić information content (AvgIpc) is 2.10. The Morgan fingerprint density at radius 1 is 1.47 bits per heavy atom. The molecule has 0 heterocycles. The Morgan fingerprint density at radius 2 is 2.13 bits per heavy atom. The molecular formula is C8H12ClN3O2S. The van der Waals surface area contributed by atoms with E-state index in [0.717, 1.165) is 0 Å². The van der Waals surface area contributed by atoms with Crippen molar-refractivity contribution < 1.29 is 8.42 Å². The van der Waals surface area contributed by atoms with Crippen LogP contribution in [0.1, 0.15) is 6.92 Å². The van der Waals surface area contributed by atoms with Crippen molar-refractivity contribution in [1.29, 1.82) is 0 Å². The van der Waals surface area contributed by atoms with Crippen LogP contribution in [-0.4, -0.2) is 15.0 Å². The van der Waals surface area contributed by atoms with Crippen molar-refractivity contribution in [2.45, 2.75) is 6.92 Å². The Bertz CT molecular complexity index is 447. The second-order valence-electron chi connectivity index (χ2n) is 2.84. The van der Waals surface area contributed by atoms with E-state index in [2.05, 4.69) is 9.44 Å². The number of hydrogen-bond donors (Lipinski definition) is 3. The van der Waals surface area contributed by atoms with E-state index in [1.807, 2.05) is 0 Å². The molecule has 0 aliphatic carbocycles. The van der Waals surface area contributed by atoms with Crippen molar-refractivity contribution in [2.24, 2.45) is 0 Å². The van der Waals surface area contributed by atoms with Gasteiger partial charge in [-0.05, 0) is 18.2 Å². The van der Waals surface area contributed by atoms with Gasteiger partial charge in [-0.2, -0.15) is 13.1 Å². The van der Waals surface area contributed by atoms with E-state index in [1.54, 1.807) is 6.92 Å². The molecule has 15 heavy (non-hydrogen) atoms. The summed E-state index contributed by atoms with van der Waals surface area (Å²) in [5, 5.41) is 0.312. The van der Waals surface area contributed by atoms with E-state index in [-0.39, 0.29) is 0 Å². The molecule has 0 amide bonds. The Morgan fingerprint density at radius 3 is 2.67 bits per heavy atom. The van der Waals surface area contributed by atoms with Crippen molar-refractivity contribution in [3.05, 3.63) is 23.2 Å². The zero-order chi connectivity index (χ0) is 11.5. The molecule has 84 valence electrons. The van der Waals surface area contributed by atoms with Crippen LogP contribution in [0.5, 0.6) is 0 Å². The molecule has 0 atom stereocenters. The number of anilines is 2. The first kappa shape index (κ1) is 12.1. The maximum Gasteiger partial charge on any atom is 0.299 e. The van der Waals surface area contributed by atoms with Gasteiger partial charge in [0.1, 0.15) is 0 Å². The van der Waals surface area contributed by atoms with E-state index < -0.39 is 10.2 Å². The molecule has 1 aromatic rings. The third kappa shape index (κ3) is 3.58. The SMILES string of the molecule is CCNS(=O)(=O)Nc1ccc(N)c(Cl)c1. The van der Waals surface area contributed by atoms with Gasteiger partial charge in [-0.15, -0.1) is 0 Å². The molecule has 5 nitrogen and oxygen atoms in total. The summed E-state index contributed by atoms with van der Waals surface area (Å²) < 4.78 is 27.2. The molecule has 0 unspecified atom stereocenters. The van der Waals surface area contributed by atoms with Crippen molar-refractivity contribution in [3.63, 3.8) is 0 Å². The number of rotatable bonds is 4.